The van der Waals surface area contributed by atoms with Crippen molar-refractivity contribution in [1.29, 1.82) is 0 Å². The van der Waals surface area contributed by atoms with E-state index in [0.717, 1.165) is 18.0 Å². The van der Waals surface area contributed by atoms with Crippen LogP contribution in [-0.4, -0.2) is 61.2 Å². The van der Waals surface area contributed by atoms with E-state index in [0.29, 0.717) is 0 Å². The zero-order valence-corrected chi connectivity index (χ0v) is 13.3. The highest BCUT2D eigenvalue weighted by atomic mass is 15.3. The largest absolute Gasteiger partial charge is 0.312 e. The summed E-state index contributed by atoms with van der Waals surface area (Å²) in [6.07, 6.45) is 9.94. The third-order valence-corrected chi connectivity index (χ3v) is 5.83. The summed E-state index contributed by atoms with van der Waals surface area (Å²) in [4.78, 5) is 5.45. The van der Waals surface area contributed by atoms with E-state index in [4.69, 9.17) is 0 Å². The van der Waals surface area contributed by atoms with Gasteiger partial charge in [-0.15, -0.1) is 0 Å². The Bertz CT molecular complexity index is 294. The Morgan fingerprint density at radius 3 is 2.70 bits per heavy atom. The zero-order chi connectivity index (χ0) is 13.8. The zero-order valence-electron chi connectivity index (χ0n) is 13.3. The minimum atomic E-state index is 0.790. The fourth-order valence-electron chi connectivity index (χ4n) is 4.51. The molecule has 3 nitrogen and oxygen atoms in total. The monoisotopic (exact) mass is 279 g/mol. The second-order valence-corrected chi connectivity index (χ2v) is 7.31. The van der Waals surface area contributed by atoms with Crippen molar-refractivity contribution in [1.82, 2.24) is 15.1 Å². The van der Waals surface area contributed by atoms with Crippen LogP contribution >= 0.6 is 0 Å². The van der Waals surface area contributed by atoms with E-state index in [-0.39, 0.29) is 0 Å². The van der Waals surface area contributed by atoms with Crippen LogP contribution in [0.5, 0.6) is 0 Å². The van der Waals surface area contributed by atoms with Crippen LogP contribution in [0.4, 0.5) is 0 Å². The molecule has 3 unspecified atom stereocenters. The first-order chi connectivity index (χ1) is 9.83. The second-order valence-electron chi connectivity index (χ2n) is 7.31. The molecule has 0 aromatic rings. The SMILES string of the molecule is CC1CCCCC1NCCN1CCCN2CCCC2C1. The number of fused-ring (bicyclic) bond motifs is 1. The molecule has 2 saturated heterocycles. The highest BCUT2D eigenvalue weighted by Crippen LogP contribution is 2.24. The molecule has 3 atom stereocenters. The Balaban J connectivity index is 1.39. The molecule has 1 saturated carbocycles. The van der Waals surface area contributed by atoms with E-state index in [9.17, 15) is 0 Å². The summed E-state index contributed by atoms with van der Waals surface area (Å²) in [5.41, 5.74) is 0. The van der Waals surface area contributed by atoms with Gasteiger partial charge in [-0.2, -0.15) is 0 Å². The van der Waals surface area contributed by atoms with E-state index in [1.165, 1.54) is 84.2 Å². The first-order valence-electron chi connectivity index (χ1n) is 9.03. The van der Waals surface area contributed by atoms with Gasteiger partial charge >= 0.3 is 0 Å². The fraction of sp³-hybridized carbons (Fsp3) is 1.00. The van der Waals surface area contributed by atoms with Crippen molar-refractivity contribution in [2.45, 2.75) is 64.0 Å². The lowest BCUT2D eigenvalue weighted by molar-refractivity contribution is 0.211. The third kappa shape index (κ3) is 3.75. The van der Waals surface area contributed by atoms with Crippen LogP contribution in [0.3, 0.4) is 0 Å². The summed E-state index contributed by atoms with van der Waals surface area (Å²) in [6, 6.07) is 1.66. The number of nitrogens with one attached hydrogen (secondary N) is 1. The maximum atomic E-state index is 3.84. The summed E-state index contributed by atoms with van der Waals surface area (Å²) in [5, 5.41) is 3.84. The van der Waals surface area contributed by atoms with Crippen LogP contribution in [0.15, 0.2) is 0 Å². The maximum absolute atomic E-state index is 3.84. The van der Waals surface area contributed by atoms with Gasteiger partial charge in [0.25, 0.3) is 0 Å². The normalized spacial score (nSPS) is 36.8. The summed E-state index contributed by atoms with van der Waals surface area (Å²) in [5.74, 6) is 0.887. The lowest BCUT2D eigenvalue weighted by atomic mass is 9.86. The van der Waals surface area contributed by atoms with Gasteiger partial charge in [-0.25, -0.2) is 0 Å². The highest BCUT2D eigenvalue weighted by Gasteiger charge is 2.28. The minimum Gasteiger partial charge on any atom is -0.312 e. The predicted octanol–water partition coefficient (Wildman–Crippen LogP) is 2.32. The molecule has 0 amide bonds. The van der Waals surface area contributed by atoms with Gasteiger partial charge in [0, 0.05) is 31.7 Å². The first kappa shape index (κ1) is 14.8. The maximum Gasteiger partial charge on any atom is 0.0223 e. The molecule has 116 valence electrons. The molecule has 3 fully saturated rings. The van der Waals surface area contributed by atoms with E-state index < -0.39 is 0 Å². The molecule has 20 heavy (non-hydrogen) atoms. The fourth-order valence-corrected chi connectivity index (χ4v) is 4.51. The Morgan fingerprint density at radius 1 is 0.950 bits per heavy atom. The average Bonchev–Trinajstić information content (AvgIpc) is 2.79. The Kier molecular flexibility index (Phi) is 5.36. The standard InChI is InChI=1S/C17H33N3/c1-15-6-2-3-8-17(15)18-9-13-19-10-5-12-20-11-4-7-16(20)14-19/h15-18H,2-14H2,1H3. The highest BCUT2D eigenvalue weighted by molar-refractivity contribution is 4.85. The van der Waals surface area contributed by atoms with Gasteiger partial charge < -0.3 is 10.2 Å². The lowest BCUT2D eigenvalue weighted by Gasteiger charge is -2.31. The van der Waals surface area contributed by atoms with Gasteiger partial charge in [0.05, 0.1) is 0 Å². The topological polar surface area (TPSA) is 18.5 Å². The average molecular weight is 279 g/mol. The molecule has 2 heterocycles. The van der Waals surface area contributed by atoms with E-state index in [1.54, 1.807) is 0 Å². The number of rotatable bonds is 4. The molecule has 3 rings (SSSR count). The van der Waals surface area contributed by atoms with Crippen molar-refractivity contribution in [2.24, 2.45) is 5.92 Å². The van der Waals surface area contributed by atoms with Gasteiger partial charge in [-0.3, -0.25) is 4.90 Å². The molecule has 0 bridgehead atoms. The molecule has 0 aromatic heterocycles. The van der Waals surface area contributed by atoms with E-state index >= 15 is 0 Å². The lowest BCUT2D eigenvalue weighted by Crippen LogP contribution is -2.43. The number of nitrogens with zero attached hydrogens (tertiary/aromatic N) is 2. The number of hydrogen-bond donors (Lipinski definition) is 1. The molecule has 1 N–H and O–H groups in total. The second kappa shape index (κ2) is 7.24. The van der Waals surface area contributed by atoms with Crippen LogP contribution < -0.4 is 5.32 Å². The van der Waals surface area contributed by atoms with Crippen LogP contribution in [0.1, 0.15) is 51.9 Å². The molecule has 0 radical (unpaired) electrons. The molecular weight excluding hydrogens is 246 g/mol. The van der Waals surface area contributed by atoms with Crippen LogP contribution in [0.25, 0.3) is 0 Å². The molecule has 1 aliphatic carbocycles. The van der Waals surface area contributed by atoms with Crippen LogP contribution in [0, 0.1) is 5.92 Å². The van der Waals surface area contributed by atoms with E-state index in [2.05, 4.69) is 22.0 Å². The van der Waals surface area contributed by atoms with Gasteiger partial charge in [-0.1, -0.05) is 19.8 Å². The van der Waals surface area contributed by atoms with Crippen molar-refractivity contribution in [2.75, 3.05) is 39.3 Å². The quantitative estimate of drug-likeness (QED) is 0.852. The Hall–Kier alpha value is -0.120. The van der Waals surface area contributed by atoms with Crippen molar-refractivity contribution in [3.63, 3.8) is 0 Å². The molecule has 0 aromatic carbocycles. The molecule has 0 spiro atoms. The van der Waals surface area contributed by atoms with Gasteiger partial charge in [0.1, 0.15) is 0 Å². The van der Waals surface area contributed by atoms with Crippen molar-refractivity contribution >= 4 is 0 Å². The smallest absolute Gasteiger partial charge is 0.0223 e. The van der Waals surface area contributed by atoms with Crippen molar-refractivity contribution in [3.05, 3.63) is 0 Å². The Labute approximate surface area is 125 Å². The van der Waals surface area contributed by atoms with Crippen LogP contribution in [0.2, 0.25) is 0 Å². The molecule has 3 heteroatoms. The summed E-state index contributed by atoms with van der Waals surface area (Å²) >= 11 is 0. The molecule has 3 aliphatic rings. The van der Waals surface area contributed by atoms with Crippen molar-refractivity contribution in [3.8, 4) is 0 Å². The summed E-state index contributed by atoms with van der Waals surface area (Å²) < 4.78 is 0. The van der Waals surface area contributed by atoms with Gasteiger partial charge in [0.15, 0.2) is 0 Å². The van der Waals surface area contributed by atoms with Gasteiger partial charge in [-0.05, 0) is 57.7 Å². The number of hydrogen-bond acceptors (Lipinski definition) is 3. The predicted molar refractivity (Wildman–Crippen MR) is 85.1 cm³/mol. The van der Waals surface area contributed by atoms with Crippen molar-refractivity contribution < 1.29 is 0 Å². The third-order valence-electron chi connectivity index (χ3n) is 5.83. The Morgan fingerprint density at radius 2 is 1.80 bits per heavy atom. The minimum absolute atomic E-state index is 0.790. The van der Waals surface area contributed by atoms with Crippen LogP contribution in [-0.2, 0) is 0 Å². The molecule has 2 aliphatic heterocycles. The molecular formula is C17H33N3. The van der Waals surface area contributed by atoms with Gasteiger partial charge in [0.2, 0.25) is 0 Å². The summed E-state index contributed by atoms with van der Waals surface area (Å²) in [6.45, 7) is 10.2. The van der Waals surface area contributed by atoms with E-state index in [1.807, 2.05) is 0 Å². The first-order valence-corrected chi connectivity index (χ1v) is 9.03. The summed E-state index contributed by atoms with van der Waals surface area (Å²) in [7, 11) is 0.